The summed E-state index contributed by atoms with van der Waals surface area (Å²) in [6.45, 7) is 4.95. The topological polar surface area (TPSA) is 29.1 Å². The summed E-state index contributed by atoms with van der Waals surface area (Å²) in [4.78, 5) is 11.5. The van der Waals surface area contributed by atoms with Crippen molar-refractivity contribution in [2.75, 3.05) is 6.54 Å². The molecular formula is C15H20FNO. The molecule has 1 rings (SSSR count). The zero-order chi connectivity index (χ0) is 13.4. The maximum atomic E-state index is 12.7. The van der Waals surface area contributed by atoms with Gasteiger partial charge < -0.3 is 5.32 Å². The Hall–Kier alpha value is -1.64. The number of benzene rings is 1. The van der Waals surface area contributed by atoms with Gasteiger partial charge in [-0.3, -0.25) is 4.79 Å². The lowest BCUT2D eigenvalue weighted by Gasteiger charge is -2.11. The van der Waals surface area contributed by atoms with E-state index in [1.807, 2.05) is 0 Å². The van der Waals surface area contributed by atoms with Crippen molar-refractivity contribution in [1.82, 2.24) is 5.32 Å². The molecule has 0 aliphatic rings. The van der Waals surface area contributed by atoms with Crippen LogP contribution >= 0.6 is 0 Å². The molecule has 0 atom stereocenters. The number of rotatable bonds is 6. The Morgan fingerprint density at radius 3 is 2.44 bits per heavy atom. The minimum Gasteiger partial charge on any atom is -0.352 e. The van der Waals surface area contributed by atoms with Crippen LogP contribution in [-0.2, 0) is 4.79 Å². The number of hydrogen-bond donors (Lipinski definition) is 1. The fourth-order valence-electron chi connectivity index (χ4n) is 1.63. The lowest BCUT2D eigenvalue weighted by Crippen LogP contribution is -2.27. The average Bonchev–Trinajstić information content (AvgIpc) is 2.39. The van der Waals surface area contributed by atoms with Crippen LogP contribution in [0.4, 0.5) is 4.39 Å². The van der Waals surface area contributed by atoms with E-state index in [4.69, 9.17) is 0 Å². The molecule has 18 heavy (non-hydrogen) atoms. The summed E-state index contributed by atoms with van der Waals surface area (Å²) >= 11 is 0. The van der Waals surface area contributed by atoms with Crippen molar-refractivity contribution < 1.29 is 9.18 Å². The van der Waals surface area contributed by atoms with Gasteiger partial charge in [-0.05, 0) is 29.7 Å². The Bertz CT molecular complexity index is 393. The van der Waals surface area contributed by atoms with E-state index in [1.165, 1.54) is 18.2 Å². The molecule has 2 nitrogen and oxygen atoms in total. The largest absolute Gasteiger partial charge is 0.352 e. The number of amides is 1. The molecule has 3 heteroatoms. The average molecular weight is 249 g/mol. The maximum Gasteiger partial charge on any atom is 0.244 e. The van der Waals surface area contributed by atoms with Crippen LogP contribution in [0.25, 0.3) is 6.08 Å². The highest BCUT2D eigenvalue weighted by Crippen LogP contribution is 2.06. The van der Waals surface area contributed by atoms with Crippen LogP contribution in [0.5, 0.6) is 0 Å². The van der Waals surface area contributed by atoms with Crippen molar-refractivity contribution in [3.8, 4) is 0 Å². The van der Waals surface area contributed by atoms with Crippen LogP contribution in [0.1, 0.15) is 32.3 Å². The monoisotopic (exact) mass is 249 g/mol. The molecule has 1 aromatic carbocycles. The van der Waals surface area contributed by atoms with E-state index < -0.39 is 0 Å². The Labute approximate surface area is 108 Å². The smallest absolute Gasteiger partial charge is 0.244 e. The summed E-state index contributed by atoms with van der Waals surface area (Å²) in [5, 5.41) is 2.87. The fraction of sp³-hybridized carbons (Fsp3) is 0.400. The van der Waals surface area contributed by atoms with E-state index in [1.54, 1.807) is 18.2 Å². The Kier molecular flexibility index (Phi) is 6.12. The van der Waals surface area contributed by atoms with E-state index >= 15 is 0 Å². The van der Waals surface area contributed by atoms with Crippen LogP contribution in [0, 0.1) is 11.7 Å². The van der Waals surface area contributed by atoms with Gasteiger partial charge in [0, 0.05) is 12.6 Å². The molecule has 0 aliphatic heterocycles. The molecule has 0 spiro atoms. The second-order valence-electron chi connectivity index (χ2n) is 4.31. The van der Waals surface area contributed by atoms with Gasteiger partial charge in [-0.25, -0.2) is 4.39 Å². The van der Waals surface area contributed by atoms with Gasteiger partial charge in [0.1, 0.15) is 5.82 Å². The van der Waals surface area contributed by atoms with Gasteiger partial charge in [0.25, 0.3) is 0 Å². The van der Waals surface area contributed by atoms with E-state index in [2.05, 4.69) is 19.2 Å². The Morgan fingerprint density at radius 1 is 1.28 bits per heavy atom. The van der Waals surface area contributed by atoms with E-state index in [9.17, 15) is 9.18 Å². The summed E-state index contributed by atoms with van der Waals surface area (Å²) in [5.41, 5.74) is 0.814. The first kappa shape index (κ1) is 14.4. The van der Waals surface area contributed by atoms with Crippen molar-refractivity contribution in [2.45, 2.75) is 26.7 Å². The van der Waals surface area contributed by atoms with Crippen LogP contribution < -0.4 is 5.32 Å². The van der Waals surface area contributed by atoms with Crippen molar-refractivity contribution in [1.29, 1.82) is 0 Å². The highest BCUT2D eigenvalue weighted by molar-refractivity contribution is 5.91. The van der Waals surface area contributed by atoms with Crippen molar-refractivity contribution in [3.05, 3.63) is 41.7 Å². The molecule has 0 fully saturated rings. The third-order valence-corrected chi connectivity index (χ3v) is 3.02. The molecule has 0 heterocycles. The van der Waals surface area contributed by atoms with Gasteiger partial charge in [-0.15, -0.1) is 0 Å². The lowest BCUT2D eigenvalue weighted by molar-refractivity contribution is -0.116. The molecule has 0 bridgehead atoms. The predicted octanol–water partition coefficient (Wildman–Crippen LogP) is 3.39. The molecule has 1 aromatic rings. The van der Waals surface area contributed by atoms with E-state index in [-0.39, 0.29) is 11.7 Å². The zero-order valence-electron chi connectivity index (χ0n) is 10.9. The molecule has 1 N–H and O–H groups in total. The summed E-state index contributed by atoms with van der Waals surface area (Å²) in [6.07, 6.45) is 5.30. The minimum absolute atomic E-state index is 0.105. The number of nitrogens with one attached hydrogen (secondary N) is 1. The second kappa shape index (κ2) is 7.64. The molecule has 0 unspecified atom stereocenters. The summed E-state index contributed by atoms with van der Waals surface area (Å²) < 4.78 is 12.7. The first-order valence-corrected chi connectivity index (χ1v) is 6.37. The molecule has 98 valence electrons. The number of halogens is 1. The van der Waals surface area contributed by atoms with Crippen molar-refractivity contribution in [3.63, 3.8) is 0 Å². The first-order valence-electron chi connectivity index (χ1n) is 6.37. The van der Waals surface area contributed by atoms with Crippen LogP contribution in [0.3, 0.4) is 0 Å². The molecular weight excluding hydrogens is 229 g/mol. The fourth-order valence-corrected chi connectivity index (χ4v) is 1.63. The van der Waals surface area contributed by atoms with Gasteiger partial charge in [0.2, 0.25) is 5.91 Å². The molecule has 1 amide bonds. The molecule has 0 aliphatic carbocycles. The van der Waals surface area contributed by atoms with E-state index in [0.717, 1.165) is 18.4 Å². The summed E-state index contributed by atoms with van der Waals surface area (Å²) in [7, 11) is 0. The number of carbonyl (C=O) groups is 1. The minimum atomic E-state index is -0.273. The third-order valence-electron chi connectivity index (χ3n) is 3.02. The summed E-state index contributed by atoms with van der Waals surface area (Å²) in [5.74, 6) is 0.157. The Balaban J connectivity index is 2.42. The van der Waals surface area contributed by atoms with Gasteiger partial charge in [-0.2, -0.15) is 0 Å². The number of hydrogen-bond acceptors (Lipinski definition) is 1. The standard InChI is InChI=1S/C15H20FNO/c1-3-12(4-2)11-17-15(18)10-7-13-5-8-14(16)9-6-13/h5-10,12H,3-4,11H2,1-2H3,(H,17,18). The van der Waals surface area contributed by atoms with Gasteiger partial charge in [-0.1, -0.05) is 38.8 Å². The van der Waals surface area contributed by atoms with Crippen LogP contribution in [-0.4, -0.2) is 12.5 Å². The second-order valence-corrected chi connectivity index (χ2v) is 4.31. The molecule has 0 radical (unpaired) electrons. The lowest BCUT2D eigenvalue weighted by atomic mass is 10.0. The summed E-state index contributed by atoms with van der Waals surface area (Å²) in [6, 6.07) is 6.03. The molecule has 0 aromatic heterocycles. The SMILES string of the molecule is CCC(CC)CNC(=O)C=Cc1ccc(F)cc1. The van der Waals surface area contributed by atoms with Crippen molar-refractivity contribution in [2.24, 2.45) is 5.92 Å². The van der Waals surface area contributed by atoms with Crippen molar-refractivity contribution >= 4 is 12.0 Å². The quantitative estimate of drug-likeness (QED) is 0.769. The van der Waals surface area contributed by atoms with E-state index in [0.29, 0.717) is 12.5 Å². The number of carbonyl (C=O) groups excluding carboxylic acids is 1. The highest BCUT2D eigenvalue weighted by Gasteiger charge is 2.03. The third kappa shape index (κ3) is 5.13. The normalized spacial score (nSPS) is 11.1. The molecule has 0 saturated heterocycles. The highest BCUT2D eigenvalue weighted by atomic mass is 19.1. The molecule has 0 saturated carbocycles. The van der Waals surface area contributed by atoms with Crippen LogP contribution in [0.2, 0.25) is 0 Å². The predicted molar refractivity (Wildman–Crippen MR) is 72.5 cm³/mol. The van der Waals surface area contributed by atoms with Crippen LogP contribution in [0.15, 0.2) is 30.3 Å². The Morgan fingerprint density at radius 2 is 1.89 bits per heavy atom. The maximum absolute atomic E-state index is 12.7. The first-order chi connectivity index (χ1) is 8.65. The van der Waals surface area contributed by atoms with Gasteiger partial charge in [0.15, 0.2) is 0 Å². The zero-order valence-corrected chi connectivity index (χ0v) is 10.9. The van der Waals surface area contributed by atoms with Gasteiger partial charge >= 0.3 is 0 Å². The van der Waals surface area contributed by atoms with Gasteiger partial charge in [0.05, 0.1) is 0 Å².